The van der Waals surface area contributed by atoms with E-state index in [4.69, 9.17) is 5.26 Å². The highest BCUT2D eigenvalue weighted by atomic mass is 32.2. The van der Waals surface area contributed by atoms with Crippen LogP contribution in [0.4, 0.5) is 5.82 Å². The topological polar surface area (TPSA) is 95.7 Å². The molecule has 1 aromatic heterocycles. The summed E-state index contributed by atoms with van der Waals surface area (Å²) < 4.78 is 23.2. The first-order chi connectivity index (χ1) is 8.13. The van der Waals surface area contributed by atoms with Crippen LogP contribution in [0.3, 0.4) is 0 Å². The van der Waals surface area contributed by atoms with Crippen molar-refractivity contribution >= 4 is 15.7 Å². The van der Waals surface area contributed by atoms with Gasteiger partial charge in [-0.05, 0) is 18.9 Å². The fourth-order valence-electron chi connectivity index (χ4n) is 1.85. The highest BCUT2D eigenvalue weighted by molar-refractivity contribution is 7.92. The summed E-state index contributed by atoms with van der Waals surface area (Å²) >= 11 is 0. The first kappa shape index (κ1) is 11.8. The van der Waals surface area contributed by atoms with Gasteiger partial charge >= 0.3 is 0 Å². The maximum Gasteiger partial charge on any atom is 0.166 e. The summed E-state index contributed by atoms with van der Waals surface area (Å²) in [4.78, 5) is 0. The molecule has 0 aliphatic carbocycles. The third-order valence-electron chi connectivity index (χ3n) is 2.80. The lowest BCUT2D eigenvalue weighted by molar-refractivity contribution is 0.591. The van der Waals surface area contributed by atoms with Gasteiger partial charge in [0.15, 0.2) is 15.7 Å². The molecule has 1 aliphatic heterocycles. The molecular weight excluding hydrogens is 240 g/mol. The van der Waals surface area contributed by atoms with Crippen LogP contribution in [0, 0.1) is 11.3 Å². The lowest BCUT2D eigenvalue weighted by Crippen LogP contribution is -2.25. The molecule has 1 unspecified atom stereocenters. The minimum Gasteiger partial charge on any atom is -0.366 e. The molecule has 17 heavy (non-hydrogen) atoms. The Morgan fingerprint density at radius 3 is 3.06 bits per heavy atom. The number of hydrogen-bond acceptors (Lipinski definition) is 6. The van der Waals surface area contributed by atoms with Crippen LogP contribution in [0.5, 0.6) is 0 Å². The normalized spacial score (nSPS) is 21.9. The van der Waals surface area contributed by atoms with Crippen molar-refractivity contribution in [2.45, 2.75) is 18.1 Å². The van der Waals surface area contributed by atoms with Crippen LogP contribution in [-0.2, 0) is 9.84 Å². The maximum absolute atomic E-state index is 11.6. The lowest BCUT2D eigenvalue weighted by Gasteiger charge is -2.11. The summed E-state index contributed by atoms with van der Waals surface area (Å²) in [6.45, 7) is 0.287. The average Bonchev–Trinajstić information content (AvgIpc) is 2.66. The second-order valence-electron chi connectivity index (χ2n) is 3.92. The van der Waals surface area contributed by atoms with Gasteiger partial charge in [-0.15, -0.1) is 5.10 Å². The van der Waals surface area contributed by atoms with Crippen LogP contribution < -0.4 is 5.32 Å². The Balaban J connectivity index is 2.06. The van der Waals surface area contributed by atoms with Crippen LogP contribution in [0.15, 0.2) is 12.3 Å². The van der Waals surface area contributed by atoms with Crippen molar-refractivity contribution in [1.29, 1.82) is 5.26 Å². The molecule has 0 spiro atoms. The molecule has 1 atom stereocenters. The number of aromatic nitrogens is 2. The van der Waals surface area contributed by atoms with E-state index in [2.05, 4.69) is 15.5 Å². The maximum atomic E-state index is 11.6. The van der Waals surface area contributed by atoms with Gasteiger partial charge in [-0.25, -0.2) is 8.42 Å². The van der Waals surface area contributed by atoms with Gasteiger partial charge in [0.05, 0.1) is 22.8 Å². The van der Waals surface area contributed by atoms with Crippen molar-refractivity contribution < 1.29 is 8.42 Å². The Morgan fingerprint density at radius 1 is 1.59 bits per heavy atom. The summed E-state index contributed by atoms with van der Waals surface area (Å²) in [5, 5.41) is 18.8. The molecule has 0 bridgehead atoms. The van der Waals surface area contributed by atoms with Crippen LogP contribution in [0.2, 0.25) is 0 Å². The molecule has 7 heteroatoms. The van der Waals surface area contributed by atoms with Gasteiger partial charge in [-0.2, -0.15) is 10.4 Å². The van der Waals surface area contributed by atoms with E-state index < -0.39 is 9.84 Å². The minimum atomic E-state index is -2.97. The van der Waals surface area contributed by atoms with E-state index in [1.165, 1.54) is 6.20 Å². The van der Waals surface area contributed by atoms with Gasteiger partial charge in [-0.1, -0.05) is 0 Å². The highest BCUT2D eigenvalue weighted by Gasteiger charge is 2.31. The minimum absolute atomic E-state index is 0.255. The Hall–Kier alpha value is -1.68. The Morgan fingerprint density at radius 2 is 2.41 bits per heavy atom. The molecular formula is C10H12N4O2S. The van der Waals surface area contributed by atoms with Crippen molar-refractivity contribution in [3.05, 3.63) is 17.8 Å². The van der Waals surface area contributed by atoms with Gasteiger partial charge in [0.2, 0.25) is 0 Å². The van der Waals surface area contributed by atoms with E-state index in [1.54, 1.807) is 6.07 Å². The fourth-order valence-corrected chi connectivity index (χ4v) is 3.62. The van der Waals surface area contributed by atoms with Crippen molar-refractivity contribution in [3.63, 3.8) is 0 Å². The van der Waals surface area contributed by atoms with Gasteiger partial charge in [-0.3, -0.25) is 0 Å². The lowest BCUT2D eigenvalue weighted by atomic mass is 10.2. The number of nitrogens with zero attached hydrogens (tertiary/aromatic N) is 3. The molecule has 6 nitrogen and oxygen atoms in total. The summed E-state index contributed by atoms with van der Waals surface area (Å²) in [5.41, 5.74) is 0.371. The zero-order valence-electron chi connectivity index (χ0n) is 9.13. The van der Waals surface area contributed by atoms with Gasteiger partial charge < -0.3 is 5.32 Å². The Labute approximate surface area is 99.6 Å². The molecule has 1 saturated heterocycles. The SMILES string of the molecule is N#Cc1ccnnc1NCC1CCCS1(=O)=O. The molecule has 2 rings (SSSR count). The predicted molar refractivity (Wildman–Crippen MR) is 62.0 cm³/mol. The predicted octanol–water partition coefficient (Wildman–Crippen LogP) is 0.337. The van der Waals surface area contributed by atoms with Gasteiger partial charge in [0.1, 0.15) is 6.07 Å². The van der Waals surface area contributed by atoms with E-state index in [0.717, 1.165) is 0 Å². The number of sulfone groups is 1. The smallest absolute Gasteiger partial charge is 0.166 e. The van der Waals surface area contributed by atoms with Crippen LogP contribution in [0.25, 0.3) is 0 Å². The monoisotopic (exact) mass is 252 g/mol. The molecule has 0 radical (unpaired) electrons. The standard InChI is InChI=1S/C10H12N4O2S/c11-6-8-3-4-13-14-10(8)12-7-9-2-1-5-17(9,15)16/h3-4,9H,1-2,5,7H2,(H,12,14). The van der Waals surface area contributed by atoms with Crippen molar-refractivity contribution in [2.75, 3.05) is 17.6 Å². The second-order valence-corrected chi connectivity index (χ2v) is 6.32. The van der Waals surface area contributed by atoms with Crippen molar-refractivity contribution in [1.82, 2.24) is 10.2 Å². The third-order valence-corrected chi connectivity index (χ3v) is 5.08. The number of nitrogens with one attached hydrogen (secondary N) is 1. The molecule has 0 saturated carbocycles. The molecule has 0 aromatic carbocycles. The summed E-state index contributed by atoms with van der Waals surface area (Å²) in [6, 6.07) is 3.52. The molecule has 0 amide bonds. The first-order valence-electron chi connectivity index (χ1n) is 5.31. The van der Waals surface area contributed by atoms with E-state index in [0.29, 0.717) is 24.2 Å². The zero-order valence-corrected chi connectivity index (χ0v) is 9.94. The van der Waals surface area contributed by atoms with E-state index >= 15 is 0 Å². The van der Waals surface area contributed by atoms with Crippen molar-refractivity contribution in [2.24, 2.45) is 0 Å². The highest BCUT2D eigenvalue weighted by Crippen LogP contribution is 2.20. The fraction of sp³-hybridized carbons (Fsp3) is 0.500. The van der Waals surface area contributed by atoms with Crippen LogP contribution in [0.1, 0.15) is 18.4 Å². The number of nitriles is 1. The Bertz CT molecular complexity index is 550. The van der Waals surface area contributed by atoms with Crippen molar-refractivity contribution in [3.8, 4) is 6.07 Å². The zero-order chi connectivity index (χ0) is 12.3. The van der Waals surface area contributed by atoms with E-state index in [1.807, 2.05) is 6.07 Å². The molecule has 1 aliphatic rings. The molecule has 2 heterocycles. The van der Waals surface area contributed by atoms with E-state index in [9.17, 15) is 8.42 Å². The summed E-state index contributed by atoms with van der Waals surface area (Å²) in [5.74, 6) is 0.599. The molecule has 1 aromatic rings. The number of hydrogen-bond donors (Lipinski definition) is 1. The largest absolute Gasteiger partial charge is 0.366 e. The average molecular weight is 252 g/mol. The molecule has 1 fully saturated rings. The van der Waals surface area contributed by atoms with Crippen LogP contribution >= 0.6 is 0 Å². The first-order valence-corrected chi connectivity index (χ1v) is 7.02. The molecule has 1 N–H and O–H groups in total. The third kappa shape index (κ3) is 2.53. The molecule has 90 valence electrons. The number of rotatable bonds is 3. The quantitative estimate of drug-likeness (QED) is 0.833. The number of anilines is 1. The summed E-state index contributed by atoms with van der Waals surface area (Å²) in [7, 11) is -2.97. The summed E-state index contributed by atoms with van der Waals surface area (Å²) in [6.07, 6.45) is 2.80. The Kier molecular flexibility index (Phi) is 3.24. The second kappa shape index (κ2) is 4.67. The van der Waals surface area contributed by atoms with Gasteiger partial charge in [0, 0.05) is 6.54 Å². The van der Waals surface area contributed by atoms with E-state index in [-0.39, 0.29) is 17.5 Å². The van der Waals surface area contributed by atoms with Gasteiger partial charge in [0.25, 0.3) is 0 Å². The van der Waals surface area contributed by atoms with Crippen LogP contribution in [-0.4, -0.2) is 36.2 Å².